The van der Waals surface area contributed by atoms with E-state index < -0.39 is 23.5 Å². The quantitative estimate of drug-likeness (QED) is 0.376. The number of hydrogen-bond donors (Lipinski definition) is 4. The Bertz CT molecular complexity index is 1080. The summed E-state index contributed by atoms with van der Waals surface area (Å²) in [5.41, 5.74) is -0.155. The smallest absolute Gasteiger partial charge is 0.408 e. The number of aliphatic carboxylic acids is 1. The number of carboxylic acids is 1. The van der Waals surface area contributed by atoms with Gasteiger partial charge in [0.05, 0.1) is 0 Å². The summed E-state index contributed by atoms with van der Waals surface area (Å²) in [6.45, 7) is 4.42. The summed E-state index contributed by atoms with van der Waals surface area (Å²) in [6.07, 6.45) is 4.71. The first-order valence-corrected chi connectivity index (χ1v) is 13.0. The molecule has 0 spiro atoms. The van der Waals surface area contributed by atoms with Gasteiger partial charge >= 0.3 is 12.1 Å². The lowest BCUT2D eigenvalue weighted by Gasteiger charge is -2.32. The van der Waals surface area contributed by atoms with Crippen molar-refractivity contribution < 1.29 is 24.2 Å². The predicted molar refractivity (Wildman–Crippen MR) is 135 cm³/mol. The minimum Gasteiger partial charge on any atom is -0.480 e. The van der Waals surface area contributed by atoms with E-state index in [1.54, 1.807) is 12.1 Å². The molecule has 200 valence electrons. The third-order valence-electron chi connectivity index (χ3n) is 7.39. The van der Waals surface area contributed by atoms with Crippen molar-refractivity contribution in [1.82, 2.24) is 30.7 Å². The van der Waals surface area contributed by atoms with Gasteiger partial charge in [-0.25, -0.2) is 9.59 Å². The van der Waals surface area contributed by atoms with E-state index in [9.17, 15) is 19.5 Å². The summed E-state index contributed by atoms with van der Waals surface area (Å²) in [5.74, 6) is 0.579. The minimum absolute atomic E-state index is 0.0130. The number of aromatic nitrogens is 3. The van der Waals surface area contributed by atoms with Gasteiger partial charge in [0.25, 0.3) is 0 Å². The van der Waals surface area contributed by atoms with Gasteiger partial charge in [-0.05, 0) is 63.6 Å². The lowest BCUT2D eigenvalue weighted by Crippen LogP contribution is -2.53. The number of ether oxygens (including phenoxy) is 1. The Balaban J connectivity index is 1.33. The summed E-state index contributed by atoms with van der Waals surface area (Å²) >= 11 is 0. The van der Waals surface area contributed by atoms with E-state index in [1.807, 2.05) is 25.1 Å². The van der Waals surface area contributed by atoms with Gasteiger partial charge in [0.2, 0.25) is 5.91 Å². The zero-order chi connectivity index (χ0) is 26.3. The maximum absolute atomic E-state index is 13.3. The van der Waals surface area contributed by atoms with Gasteiger partial charge in [-0.2, -0.15) is 0 Å². The highest BCUT2D eigenvalue weighted by atomic mass is 16.5. The molecule has 2 aliphatic rings. The number of carboxylic acid groups (broad SMARTS) is 1. The molecule has 3 heterocycles. The molecule has 11 heteroatoms. The third kappa shape index (κ3) is 6.65. The maximum Gasteiger partial charge on any atom is 0.408 e. The second kappa shape index (κ2) is 12.2. The van der Waals surface area contributed by atoms with Gasteiger partial charge in [-0.1, -0.05) is 30.3 Å². The van der Waals surface area contributed by atoms with E-state index in [2.05, 4.69) is 30.7 Å². The monoisotopic (exact) mass is 512 g/mol. The van der Waals surface area contributed by atoms with E-state index >= 15 is 0 Å². The zero-order valence-electron chi connectivity index (χ0n) is 21.2. The van der Waals surface area contributed by atoms with Crippen LogP contribution < -0.4 is 16.0 Å². The first kappa shape index (κ1) is 26.6. The average Bonchev–Trinajstić information content (AvgIpc) is 3.34. The summed E-state index contributed by atoms with van der Waals surface area (Å²) in [6, 6.07) is 7.73. The number of nitrogens with one attached hydrogen (secondary N) is 3. The Kier molecular flexibility index (Phi) is 8.75. The van der Waals surface area contributed by atoms with E-state index in [1.165, 1.54) is 12.8 Å². The standard InChI is InChI=1S/C26H36N6O5/c1-26(12-5-15-32-21(30-31-23(26)32)9-8-18-10-13-27-14-11-18)24(35)28-16-20(22(33)34)29-25(36)37-17-19-6-3-2-4-7-19/h2-4,6-7,18,20,27H,5,8-17H2,1H3,(H,28,35)(H,29,36)(H,33,34)/t20-,26?/m0/s1. The van der Waals surface area contributed by atoms with Crippen molar-refractivity contribution >= 4 is 18.0 Å². The maximum atomic E-state index is 13.3. The lowest BCUT2D eigenvalue weighted by atomic mass is 9.81. The number of piperidine rings is 1. The molecular weight excluding hydrogens is 476 g/mol. The fraction of sp³-hybridized carbons (Fsp3) is 0.577. The fourth-order valence-corrected chi connectivity index (χ4v) is 5.08. The predicted octanol–water partition coefficient (Wildman–Crippen LogP) is 1.76. The molecule has 2 aromatic rings. The fourth-order valence-electron chi connectivity index (χ4n) is 5.08. The van der Waals surface area contributed by atoms with Crippen molar-refractivity contribution in [3.63, 3.8) is 0 Å². The summed E-state index contributed by atoms with van der Waals surface area (Å²) in [7, 11) is 0. The normalized spacial score (nSPS) is 20.5. The van der Waals surface area contributed by atoms with Crippen LogP contribution >= 0.6 is 0 Å². The van der Waals surface area contributed by atoms with Crippen LogP contribution in [-0.2, 0) is 39.3 Å². The van der Waals surface area contributed by atoms with Crippen LogP contribution in [0.5, 0.6) is 0 Å². The van der Waals surface area contributed by atoms with Gasteiger partial charge < -0.3 is 30.4 Å². The number of alkyl carbamates (subject to hydrolysis) is 1. The van der Waals surface area contributed by atoms with Gasteiger partial charge in [0.15, 0.2) is 0 Å². The highest BCUT2D eigenvalue weighted by molar-refractivity contribution is 5.88. The SMILES string of the molecule is CC1(C(=O)NC[C@H](NC(=O)OCc2ccccc2)C(=O)O)CCCn2c(CCC3CCNCC3)nnc21. The number of rotatable bonds is 10. The summed E-state index contributed by atoms with van der Waals surface area (Å²) in [5, 5.41) is 26.8. The number of carbonyl (C=O) groups is 3. The topological polar surface area (TPSA) is 147 Å². The molecule has 0 bridgehead atoms. The molecule has 0 aliphatic carbocycles. The number of aryl methyl sites for hydroxylation is 1. The Morgan fingerprint density at radius 2 is 1.97 bits per heavy atom. The van der Waals surface area contributed by atoms with Crippen molar-refractivity contribution in [3.05, 3.63) is 47.5 Å². The number of nitrogens with zero attached hydrogens (tertiary/aromatic N) is 3. The molecule has 37 heavy (non-hydrogen) atoms. The van der Waals surface area contributed by atoms with Crippen LogP contribution in [0.1, 0.15) is 56.2 Å². The van der Waals surface area contributed by atoms with Crippen LogP contribution in [-0.4, -0.2) is 63.5 Å². The van der Waals surface area contributed by atoms with Crippen LogP contribution in [0.25, 0.3) is 0 Å². The molecule has 1 unspecified atom stereocenters. The van der Waals surface area contributed by atoms with Crippen LogP contribution in [0.15, 0.2) is 30.3 Å². The molecule has 0 radical (unpaired) electrons. The average molecular weight is 513 g/mol. The largest absolute Gasteiger partial charge is 0.480 e. The molecular formula is C26H36N6O5. The van der Waals surface area contributed by atoms with Gasteiger partial charge in [0.1, 0.15) is 29.7 Å². The van der Waals surface area contributed by atoms with Crippen molar-refractivity contribution in [1.29, 1.82) is 0 Å². The Morgan fingerprint density at radius 1 is 1.22 bits per heavy atom. The highest BCUT2D eigenvalue weighted by Gasteiger charge is 2.43. The first-order chi connectivity index (χ1) is 17.9. The molecule has 2 amide bonds. The molecule has 4 rings (SSSR count). The van der Waals surface area contributed by atoms with Crippen molar-refractivity contribution in [3.8, 4) is 0 Å². The number of hydrogen-bond acceptors (Lipinski definition) is 7. The van der Waals surface area contributed by atoms with Gasteiger partial charge in [-0.15, -0.1) is 10.2 Å². The Morgan fingerprint density at radius 3 is 2.70 bits per heavy atom. The van der Waals surface area contributed by atoms with Crippen molar-refractivity contribution in [2.45, 2.75) is 70.1 Å². The molecule has 2 atom stereocenters. The lowest BCUT2D eigenvalue weighted by molar-refractivity contribution is -0.139. The number of carbonyl (C=O) groups excluding carboxylic acids is 2. The number of fused-ring (bicyclic) bond motifs is 1. The zero-order valence-corrected chi connectivity index (χ0v) is 21.2. The van der Waals surface area contributed by atoms with Gasteiger partial charge in [-0.3, -0.25) is 4.79 Å². The van der Waals surface area contributed by atoms with E-state index in [0.717, 1.165) is 50.3 Å². The molecule has 1 fully saturated rings. The third-order valence-corrected chi connectivity index (χ3v) is 7.39. The van der Waals surface area contributed by atoms with E-state index in [4.69, 9.17) is 4.74 Å². The van der Waals surface area contributed by atoms with E-state index in [-0.39, 0.29) is 19.1 Å². The van der Waals surface area contributed by atoms with Crippen molar-refractivity contribution in [2.24, 2.45) is 5.92 Å². The van der Waals surface area contributed by atoms with Crippen LogP contribution in [0.4, 0.5) is 4.79 Å². The van der Waals surface area contributed by atoms with Crippen molar-refractivity contribution in [2.75, 3.05) is 19.6 Å². The van der Waals surface area contributed by atoms with Gasteiger partial charge in [0, 0.05) is 19.5 Å². The second-order valence-electron chi connectivity index (χ2n) is 10.1. The molecule has 11 nitrogen and oxygen atoms in total. The summed E-state index contributed by atoms with van der Waals surface area (Å²) in [4.78, 5) is 37.2. The first-order valence-electron chi connectivity index (χ1n) is 13.0. The molecule has 4 N–H and O–H groups in total. The summed E-state index contributed by atoms with van der Waals surface area (Å²) < 4.78 is 7.17. The Labute approximate surface area is 216 Å². The minimum atomic E-state index is -1.34. The molecule has 1 saturated heterocycles. The molecule has 0 saturated carbocycles. The van der Waals surface area contributed by atoms with Crippen LogP contribution in [0.2, 0.25) is 0 Å². The second-order valence-corrected chi connectivity index (χ2v) is 10.1. The molecule has 1 aromatic carbocycles. The molecule has 1 aromatic heterocycles. The van der Waals surface area contributed by atoms with Crippen LogP contribution in [0, 0.1) is 5.92 Å². The van der Waals surface area contributed by atoms with Crippen LogP contribution in [0.3, 0.4) is 0 Å². The number of benzene rings is 1. The molecule has 2 aliphatic heterocycles. The van der Waals surface area contributed by atoms with E-state index in [0.29, 0.717) is 18.2 Å². The highest BCUT2D eigenvalue weighted by Crippen LogP contribution is 2.34. The number of amides is 2. The Hall–Kier alpha value is -3.47.